The Bertz CT molecular complexity index is 277. The van der Waals surface area contributed by atoms with Gasteiger partial charge in [-0.3, -0.25) is 4.79 Å². The second kappa shape index (κ2) is 4.78. The Balaban J connectivity index is 2.38. The van der Waals surface area contributed by atoms with E-state index in [0.29, 0.717) is 5.75 Å². The van der Waals surface area contributed by atoms with Crippen LogP contribution in [0, 0.1) is 0 Å². The molecule has 1 rings (SSSR count). The van der Waals surface area contributed by atoms with Gasteiger partial charge in [-0.05, 0) is 15.9 Å². The number of nitrogens with zero attached hydrogens (tertiary/aromatic N) is 2. The molecule has 0 radical (unpaired) electrons. The summed E-state index contributed by atoms with van der Waals surface area (Å²) in [6.07, 6.45) is 0. The van der Waals surface area contributed by atoms with Gasteiger partial charge in [-0.1, -0.05) is 23.1 Å². The number of rotatable bonds is 3. The van der Waals surface area contributed by atoms with E-state index in [9.17, 15) is 4.79 Å². The molecule has 0 aliphatic rings. The fourth-order valence-electron chi connectivity index (χ4n) is 0.451. The molecule has 1 aromatic rings. The summed E-state index contributed by atoms with van der Waals surface area (Å²) in [5, 5.41) is 10.1. The van der Waals surface area contributed by atoms with E-state index in [4.69, 9.17) is 0 Å². The summed E-state index contributed by atoms with van der Waals surface area (Å²) >= 11 is 5.98. The van der Waals surface area contributed by atoms with Crippen LogP contribution in [0.5, 0.6) is 0 Å². The molecule has 0 aromatic carbocycles. The van der Waals surface area contributed by atoms with Crippen LogP contribution in [-0.2, 0) is 4.79 Å². The Morgan fingerprint density at radius 1 is 1.75 bits per heavy atom. The standard InChI is InChI=1S/C5H6BrN3OS2/c1-7-3(10)2-11-5-9-8-4(6)12-5/h2H2,1H3,(H,7,10). The van der Waals surface area contributed by atoms with Crippen LogP contribution in [0.2, 0.25) is 0 Å². The molecular weight excluding hydrogens is 262 g/mol. The van der Waals surface area contributed by atoms with Crippen molar-refractivity contribution >= 4 is 44.9 Å². The van der Waals surface area contributed by atoms with E-state index < -0.39 is 0 Å². The van der Waals surface area contributed by atoms with E-state index in [2.05, 4.69) is 31.4 Å². The molecule has 0 spiro atoms. The zero-order valence-corrected chi connectivity index (χ0v) is 9.42. The summed E-state index contributed by atoms with van der Waals surface area (Å²) in [7, 11) is 1.61. The van der Waals surface area contributed by atoms with Gasteiger partial charge in [0, 0.05) is 7.05 Å². The second-order valence-electron chi connectivity index (χ2n) is 1.78. The number of carbonyl (C=O) groups is 1. The van der Waals surface area contributed by atoms with Crippen LogP contribution in [0.25, 0.3) is 0 Å². The van der Waals surface area contributed by atoms with Crippen molar-refractivity contribution in [2.24, 2.45) is 0 Å². The van der Waals surface area contributed by atoms with Crippen molar-refractivity contribution in [3.63, 3.8) is 0 Å². The number of carbonyl (C=O) groups excluding carboxylic acids is 1. The summed E-state index contributed by atoms with van der Waals surface area (Å²) in [6, 6.07) is 0. The maximum atomic E-state index is 10.8. The van der Waals surface area contributed by atoms with E-state index >= 15 is 0 Å². The molecular formula is C5H6BrN3OS2. The maximum Gasteiger partial charge on any atom is 0.230 e. The Labute approximate surface area is 86.3 Å². The van der Waals surface area contributed by atoms with Gasteiger partial charge in [0.05, 0.1) is 5.75 Å². The monoisotopic (exact) mass is 267 g/mol. The van der Waals surface area contributed by atoms with Gasteiger partial charge in [-0.25, -0.2) is 0 Å². The van der Waals surface area contributed by atoms with Crippen LogP contribution in [0.3, 0.4) is 0 Å². The first-order valence-electron chi connectivity index (χ1n) is 3.04. The van der Waals surface area contributed by atoms with E-state index in [0.717, 1.165) is 8.26 Å². The Morgan fingerprint density at radius 3 is 3.00 bits per heavy atom. The lowest BCUT2D eigenvalue weighted by Gasteiger charge is -1.94. The molecule has 0 fully saturated rings. The Kier molecular flexibility index (Phi) is 3.96. The molecule has 0 bridgehead atoms. The third-order valence-corrected chi connectivity index (χ3v) is 3.48. The van der Waals surface area contributed by atoms with E-state index in [-0.39, 0.29) is 5.91 Å². The number of hydrogen-bond acceptors (Lipinski definition) is 5. The van der Waals surface area contributed by atoms with Crippen LogP contribution < -0.4 is 5.32 Å². The molecule has 0 saturated carbocycles. The minimum absolute atomic E-state index is 0.00803. The topological polar surface area (TPSA) is 54.9 Å². The highest BCUT2D eigenvalue weighted by Gasteiger charge is 2.04. The van der Waals surface area contributed by atoms with Gasteiger partial charge in [0.1, 0.15) is 0 Å². The average molecular weight is 268 g/mol. The van der Waals surface area contributed by atoms with Crippen LogP contribution in [0.15, 0.2) is 8.26 Å². The average Bonchev–Trinajstić information content (AvgIpc) is 2.47. The number of halogens is 1. The SMILES string of the molecule is CNC(=O)CSc1nnc(Br)s1. The van der Waals surface area contributed by atoms with Crippen molar-refractivity contribution in [1.82, 2.24) is 15.5 Å². The molecule has 66 valence electrons. The largest absolute Gasteiger partial charge is 0.358 e. The molecule has 0 aliphatic carbocycles. The zero-order chi connectivity index (χ0) is 8.97. The molecule has 4 nitrogen and oxygen atoms in total. The third-order valence-electron chi connectivity index (χ3n) is 0.987. The van der Waals surface area contributed by atoms with Crippen LogP contribution in [0.1, 0.15) is 0 Å². The molecule has 1 aromatic heterocycles. The highest BCUT2D eigenvalue weighted by atomic mass is 79.9. The first kappa shape index (κ1) is 9.94. The van der Waals surface area contributed by atoms with Crippen molar-refractivity contribution in [2.75, 3.05) is 12.8 Å². The van der Waals surface area contributed by atoms with Gasteiger partial charge >= 0.3 is 0 Å². The minimum atomic E-state index is -0.00803. The van der Waals surface area contributed by atoms with Crippen molar-refractivity contribution in [3.8, 4) is 0 Å². The quantitative estimate of drug-likeness (QED) is 0.835. The van der Waals surface area contributed by atoms with Crippen LogP contribution in [0.4, 0.5) is 0 Å². The summed E-state index contributed by atoms with van der Waals surface area (Å²) in [5.74, 6) is 0.379. The summed E-state index contributed by atoms with van der Waals surface area (Å²) in [4.78, 5) is 10.8. The number of amides is 1. The van der Waals surface area contributed by atoms with Gasteiger partial charge in [-0.15, -0.1) is 10.2 Å². The summed E-state index contributed by atoms with van der Waals surface area (Å²) in [6.45, 7) is 0. The van der Waals surface area contributed by atoms with Gasteiger partial charge in [-0.2, -0.15) is 0 Å². The molecule has 1 N–H and O–H groups in total. The lowest BCUT2D eigenvalue weighted by molar-refractivity contribution is -0.118. The number of thioether (sulfide) groups is 1. The highest BCUT2D eigenvalue weighted by Crippen LogP contribution is 2.24. The number of nitrogens with one attached hydrogen (secondary N) is 1. The molecule has 0 unspecified atom stereocenters. The highest BCUT2D eigenvalue weighted by molar-refractivity contribution is 9.11. The van der Waals surface area contributed by atoms with Gasteiger partial charge in [0.25, 0.3) is 0 Å². The van der Waals surface area contributed by atoms with Gasteiger partial charge in [0.2, 0.25) is 5.91 Å². The smallest absolute Gasteiger partial charge is 0.230 e. The molecule has 0 aliphatic heterocycles. The molecule has 7 heteroatoms. The summed E-state index contributed by atoms with van der Waals surface area (Å²) < 4.78 is 1.53. The van der Waals surface area contributed by atoms with Gasteiger partial charge in [0.15, 0.2) is 8.26 Å². The number of aromatic nitrogens is 2. The fraction of sp³-hybridized carbons (Fsp3) is 0.400. The second-order valence-corrected chi connectivity index (χ2v) is 5.26. The van der Waals surface area contributed by atoms with Crippen molar-refractivity contribution in [3.05, 3.63) is 3.92 Å². The lowest BCUT2D eigenvalue weighted by atomic mass is 10.7. The predicted octanol–water partition coefficient (Wildman–Crippen LogP) is 1.14. The third kappa shape index (κ3) is 3.08. The van der Waals surface area contributed by atoms with E-state index in [1.807, 2.05) is 0 Å². The normalized spacial score (nSPS) is 9.83. The van der Waals surface area contributed by atoms with Crippen molar-refractivity contribution in [1.29, 1.82) is 0 Å². The van der Waals surface area contributed by atoms with Crippen molar-refractivity contribution in [2.45, 2.75) is 4.34 Å². The first-order valence-corrected chi connectivity index (χ1v) is 5.64. The minimum Gasteiger partial charge on any atom is -0.358 e. The summed E-state index contributed by atoms with van der Waals surface area (Å²) in [5.41, 5.74) is 0. The van der Waals surface area contributed by atoms with Crippen LogP contribution in [-0.4, -0.2) is 28.9 Å². The Hall–Kier alpha value is -0.140. The zero-order valence-electron chi connectivity index (χ0n) is 6.20. The first-order chi connectivity index (χ1) is 5.72. The lowest BCUT2D eigenvalue weighted by Crippen LogP contribution is -2.19. The molecule has 1 amide bonds. The van der Waals surface area contributed by atoms with E-state index in [1.54, 1.807) is 7.05 Å². The molecule has 0 saturated heterocycles. The van der Waals surface area contributed by atoms with Gasteiger partial charge < -0.3 is 5.32 Å². The fourth-order valence-corrected chi connectivity index (χ4v) is 2.77. The predicted molar refractivity (Wildman–Crippen MR) is 52.4 cm³/mol. The number of hydrogen-bond donors (Lipinski definition) is 1. The molecule has 12 heavy (non-hydrogen) atoms. The molecule has 0 atom stereocenters. The maximum absolute atomic E-state index is 10.8. The van der Waals surface area contributed by atoms with Crippen LogP contribution >= 0.6 is 39.0 Å². The molecule has 1 heterocycles. The van der Waals surface area contributed by atoms with E-state index in [1.165, 1.54) is 23.1 Å². The Morgan fingerprint density at radius 2 is 2.50 bits per heavy atom. The van der Waals surface area contributed by atoms with Crippen molar-refractivity contribution < 1.29 is 4.79 Å².